The molecule has 0 N–H and O–H groups in total. The quantitative estimate of drug-likeness (QED) is 0.757. The number of likely N-dealkylation sites (N-methyl/N-ethyl adjacent to an activating group) is 1. The van der Waals surface area contributed by atoms with Gasteiger partial charge in [-0.2, -0.15) is 0 Å². The molecule has 1 saturated heterocycles. The predicted molar refractivity (Wildman–Crippen MR) is 65.1 cm³/mol. The molecule has 1 atom stereocenters. The van der Waals surface area contributed by atoms with Crippen LogP contribution in [0, 0.1) is 0 Å². The summed E-state index contributed by atoms with van der Waals surface area (Å²) in [5.41, 5.74) is 1.01. The third-order valence-electron chi connectivity index (χ3n) is 3.29. The zero-order chi connectivity index (χ0) is 11.1. The number of halogens is 1. The summed E-state index contributed by atoms with van der Waals surface area (Å²) >= 11 is 6.15. The molecule has 2 aromatic heterocycles. The van der Waals surface area contributed by atoms with Crippen LogP contribution in [-0.4, -0.2) is 34.4 Å². The molecule has 0 saturated carbocycles. The van der Waals surface area contributed by atoms with Gasteiger partial charge in [-0.1, -0.05) is 17.7 Å². The van der Waals surface area contributed by atoms with Crippen LogP contribution in [0.2, 0.25) is 5.15 Å². The van der Waals surface area contributed by atoms with E-state index < -0.39 is 0 Å². The van der Waals surface area contributed by atoms with Crippen LogP contribution in [0.4, 0.5) is 0 Å². The molecule has 1 aliphatic heterocycles. The predicted octanol–water partition coefficient (Wildman–Crippen LogP) is 2.41. The lowest BCUT2D eigenvalue weighted by Gasteiger charge is -2.09. The van der Waals surface area contributed by atoms with Crippen molar-refractivity contribution in [1.29, 1.82) is 0 Å². The van der Waals surface area contributed by atoms with Crippen molar-refractivity contribution in [1.82, 2.24) is 14.3 Å². The Kier molecular flexibility index (Phi) is 2.37. The van der Waals surface area contributed by atoms with Crippen LogP contribution < -0.4 is 0 Å². The summed E-state index contributed by atoms with van der Waals surface area (Å²) in [6.45, 7) is 2.22. The Morgan fingerprint density at radius 1 is 1.44 bits per heavy atom. The summed E-state index contributed by atoms with van der Waals surface area (Å²) < 4.78 is 2.12. The van der Waals surface area contributed by atoms with E-state index in [0.717, 1.165) is 24.4 Å². The summed E-state index contributed by atoms with van der Waals surface area (Å²) in [7, 11) is 2.15. The molecule has 84 valence electrons. The minimum Gasteiger partial charge on any atom is -0.306 e. The Balaban J connectivity index is 2.10. The monoisotopic (exact) mass is 235 g/mol. The van der Waals surface area contributed by atoms with E-state index in [1.54, 1.807) is 0 Å². The molecule has 1 fully saturated rings. The van der Waals surface area contributed by atoms with Crippen molar-refractivity contribution >= 4 is 17.1 Å². The van der Waals surface area contributed by atoms with Gasteiger partial charge in [0.1, 0.15) is 5.82 Å². The van der Waals surface area contributed by atoms with Gasteiger partial charge in [0.15, 0.2) is 5.15 Å². The lowest BCUT2D eigenvalue weighted by atomic mass is 10.1. The van der Waals surface area contributed by atoms with E-state index in [9.17, 15) is 0 Å². The molecule has 0 aliphatic carbocycles. The Hall–Kier alpha value is -1.06. The molecule has 0 aromatic carbocycles. The van der Waals surface area contributed by atoms with E-state index in [-0.39, 0.29) is 0 Å². The van der Waals surface area contributed by atoms with Gasteiger partial charge in [0.2, 0.25) is 0 Å². The Bertz CT molecular complexity index is 520. The Labute approximate surface area is 99.7 Å². The number of rotatable bonds is 1. The van der Waals surface area contributed by atoms with Crippen LogP contribution in [-0.2, 0) is 0 Å². The smallest absolute Gasteiger partial charge is 0.155 e. The van der Waals surface area contributed by atoms with Crippen molar-refractivity contribution in [3.8, 4) is 0 Å². The summed E-state index contributed by atoms with van der Waals surface area (Å²) in [5.74, 6) is 1.61. The zero-order valence-corrected chi connectivity index (χ0v) is 9.98. The van der Waals surface area contributed by atoms with Crippen molar-refractivity contribution < 1.29 is 0 Å². The number of hydrogen-bond acceptors (Lipinski definition) is 2. The van der Waals surface area contributed by atoms with Crippen molar-refractivity contribution in [2.24, 2.45) is 0 Å². The average Bonchev–Trinajstić information content (AvgIpc) is 2.84. The second kappa shape index (κ2) is 3.75. The third kappa shape index (κ3) is 1.51. The lowest BCUT2D eigenvalue weighted by Crippen LogP contribution is -2.14. The Morgan fingerprint density at radius 3 is 3.06 bits per heavy atom. The first kappa shape index (κ1) is 10.1. The Morgan fingerprint density at radius 2 is 2.31 bits per heavy atom. The first-order valence-electron chi connectivity index (χ1n) is 5.57. The molecule has 3 nitrogen and oxygen atoms in total. The summed E-state index contributed by atoms with van der Waals surface area (Å²) in [6.07, 6.45) is 3.21. The highest BCUT2D eigenvalue weighted by atomic mass is 35.5. The van der Waals surface area contributed by atoms with Gasteiger partial charge < -0.3 is 9.30 Å². The van der Waals surface area contributed by atoms with E-state index in [2.05, 4.69) is 21.3 Å². The fourth-order valence-corrected chi connectivity index (χ4v) is 2.70. The molecule has 1 aliphatic rings. The molecule has 3 heterocycles. The van der Waals surface area contributed by atoms with E-state index >= 15 is 0 Å². The zero-order valence-electron chi connectivity index (χ0n) is 9.23. The minimum absolute atomic E-state index is 0.507. The van der Waals surface area contributed by atoms with Crippen LogP contribution in [0.1, 0.15) is 18.2 Å². The summed E-state index contributed by atoms with van der Waals surface area (Å²) in [6, 6.07) is 6.03. The van der Waals surface area contributed by atoms with Crippen LogP contribution in [0.25, 0.3) is 5.52 Å². The topological polar surface area (TPSA) is 20.5 Å². The summed E-state index contributed by atoms with van der Waals surface area (Å²) in [4.78, 5) is 6.84. The highest BCUT2D eigenvalue weighted by molar-refractivity contribution is 6.32. The number of imidazole rings is 1. The number of likely N-dealkylation sites (tertiary alicyclic amines) is 1. The van der Waals surface area contributed by atoms with E-state index in [0.29, 0.717) is 11.1 Å². The molecule has 4 heteroatoms. The minimum atomic E-state index is 0.507. The van der Waals surface area contributed by atoms with Gasteiger partial charge in [-0.05, 0) is 32.1 Å². The molecular weight excluding hydrogens is 222 g/mol. The lowest BCUT2D eigenvalue weighted by molar-refractivity contribution is 0.409. The average molecular weight is 236 g/mol. The van der Waals surface area contributed by atoms with E-state index in [1.165, 1.54) is 6.42 Å². The largest absolute Gasteiger partial charge is 0.306 e. The maximum atomic E-state index is 6.15. The second-order valence-corrected chi connectivity index (χ2v) is 4.82. The van der Waals surface area contributed by atoms with Gasteiger partial charge >= 0.3 is 0 Å². The van der Waals surface area contributed by atoms with Gasteiger partial charge in [0.05, 0.1) is 5.52 Å². The molecule has 3 rings (SSSR count). The van der Waals surface area contributed by atoms with Gasteiger partial charge in [0, 0.05) is 18.7 Å². The number of pyridine rings is 1. The highest BCUT2D eigenvalue weighted by Gasteiger charge is 2.25. The van der Waals surface area contributed by atoms with Crippen molar-refractivity contribution in [3.63, 3.8) is 0 Å². The number of nitrogens with zero attached hydrogens (tertiary/aromatic N) is 3. The van der Waals surface area contributed by atoms with Crippen LogP contribution in [0.3, 0.4) is 0 Å². The SMILES string of the molecule is CN1CCC(c2nc(Cl)c3ccccn23)C1. The van der Waals surface area contributed by atoms with E-state index in [1.807, 2.05) is 24.4 Å². The van der Waals surface area contributed by atoms with Crippen molar-refractivity contribution in [2.45, 2.75) is 12.3 Å². The van der Waals surface area contributed by atoms with Gasteiger partial charge in [-0.25, -0.2) is 4.98 Å². The van der Waals surface area contributed by atoms with Crippen LogP contribution >= 0.6 is 11.6 Å². The van der Waals surface area contributed by atoms with Crippen LogP contribution in [0.15, 0.2) is 24.4 Å². The van der Waals surface area contributed by atoms with Crippen molar-refractivity contribution in [3.05, 3.63) is 35.4 Å². The fraction of sp³-hybridized carbons (Fsp3) is 0.417. The molecule has 16 heavy (non-hydrogen) atoms. The maximum absolute atomic E-state index is 6.15. The van der Waals surface area contributed by atoms with Gasteiger partial charge in [-0.15, -0.1) is 0 Å². The van der Waals surface area contributed by atoms with E-state index in [4.69, 9.17) is 11.6 Å². The number of aromatic nitrogens is 2. The molecule has 0 spiro atoms. The molecule has 0 amide bonds. The fourth-order valence-electron chi connectivity index (χ4n) is 2.46. The molecule has 1 unspecified atom stereocenters. The van der Waals surface area contributed by atoms with Gasteiger partial charge in [-0.3, -0.25) is 0 Å². The second-order valence-electron chi connectivity index (χ2n) is 4.46. The molecule has 0 radical (unpaired) electrons. The molecular formula is C12H14ClN3. The maximum Gasteiger partial charge on any atom is 0.155 e. The van der Waals surface area contributed by atoms with Gasteiger partial charge in [0.25, 0.3) is 0 Å². The highest BCUT2D eigenvalue weighted by Crippen LogP contribution is 2.28. The molecule has 0 bridgehead atoms. The third-order valence-corrected chi connectivity index (χ3v) is 3.57. The first-order chi connectivity index (χ1) is 7.75. The normalized spacial score (nSPS) is 22.0. The molecule has 2 aromatic rings. The number of hydrogen-bond donors (Lipinski definition) is 0. The van der Waals surface area contributed by atoms with Crippen molar-refractivity contribution in [2.75, 3.05) is 20.1 Å². The standard InChI is InChI=1S/C12H14ClN3/c1-15-7-5-9(8-15)12-14-11(13)10-4-2-3-6-16(10)12/h2-4,6,9H,5,7-8H2,1H3. The first-order valence-corrected chi connectivity index (χ1v) is 5.94. The number of fused-ring (bicyclic) bond motifs is 1. The van der Waals surface area contributed by atoms with Crippen LogP contribution in [0.5, 0.6) is 0 Å². The summed E-state index contributed by atoms with van der Waals surface area (Å²) in [5, 5.41) is 0.616.